The minimum absolute atomic E-state index is 0.0863. The largest absolute Gasteiger partial charge is 0.454 e. The highest BCUT2D eigenvalue weighted by atomic mass is 16.5. The lowest BCUT2D eigenvalue weighted by Crippen LogP contribution is -2.45. The number of ether oxygens (including phenoxy) is 1. The molecule has 1 N–H and O–H groups in total. The van der Waals surface area contributed by atoms with Crippen molar-refractivity contribution in [3.8, 4) is 0 Å². The van der Waals surface area contributed by atoms with Gasteiger partial charge in [-0.2, -0.15) is 0 Å². The van der Waals surface area contributed by atoms with Crippen molar-refractivity contribution in [3.63, 3.8) is 0 Å². The summed E-state index contributed by atoms with van der Waals surface area (Å²) in [6.07, 6.45) is 0. The van der Waals surface area contributed by atoms with E-state index in [9.17, 15) is 9.59 Å². The number of fused-ring (bicyclic) bond motifs is 1. The number of oxazole rings is 1. The van der Waals surface area contributed by atoms with Crippen molar-refractivity contribution >= 4 is 23.0 Å². The number of para-hydroxylation sites is 2. The normalized spacial score (nSPS) is 12.1. The fourth-order valence-electron chi connectivity index (χ4n) is 2.71. The van der Waals surface area contributed by atoms with Crippen LogP contribution in [0.2, 0.25) is 0 Å². The van der Waals surface area contributed by atoms with Crippen molar-refractivity contribution < 1.29 is 18.7 Å². The lowest BCUT2D eigenvalue weighted by atomic mass is 10.0. The van der Waals surface area contributed by atoms with E-state index in [-0.39, 0.29) is 18.4 Å². The molecular weight excluding hydrogens is 344 g/mol. The van der Waals surface area contributed by atoms with Crippen LogP contribution in [0.3, 0.4) is 0 Å². The molecule has 0 fully saturated rings. The number of amides is 1. The van der Waals surface area contributed by atoms with Gasteiger partial charge in [-0.1, -0.05) is 43.7 Å². The average Bonchev–Trinajstić information content (AvgIpc) is 3.06. The number of hydrogen-bond donors (Lipinski definition) is 1. The van der Waals surface area contributed by atoms with Crippen LogP contribution in [0.4, 0.5) is 0 Å². The second kappa shape index (κ2) is 8.03. The molecule has 27 heavy (non-hydrogen) atoms. The Hall–Kier alpha value is -3.15. The highest BCUT2D eigenvalue weighted by Crippen LogP contribution is 2.16. The van der Waals surface area contributed by atoms with Crippen molar-refractivity contribution in [1.29, 1.82) is 0 Å². The van der Waals surface area contributed by atoms with Gasteiger partial charge in [0.1, 0.15) is 11.6 Å². The topological polar surface area (TPSA) is 81.4 Å². The van der Waals surface area contributed by atoms with Gasteiger partial charge in [-0.3, -0.25) is 4.79 Å². The predicted molar refractivity (Wildman–Crippen MR) is 101 cm³/mol. The molecule has 0 unspecified atom stereocenters. The van der Waals surface area contributed by atoms with E-state index in [1.807, 2.05) is 45.0 Å². The first-order chi connectivity index (χ1) is 12.9. The lowest BCUT2D eigenvalue weighted by molar-refractivity contribution is -0.149. The summed E-state index contributed by atoms with van der Waals surface area (Å²) in [5.74, 6) is -0.642. The molecule has 1 aromatic heterocycles. The van der Waals surface area contributed by atoms with Crippen LogP contribution in [0.1, 0.15) is 35.7 Å². The number of carbonyl (C=O) groups excluding carboxylic acids is 2. The van der Waals surface area contributed by atoms with Crippen molar-refractivity contribution in [3.05, 3.63) is 65.5 Å². The Bertz CT molecular complexity index is 928. The van der Waals surface area contributed by atoms with Gasteiger partial charge >= 0.3 is 5.97 Å². The average molecular weight is 366 g/mol. The van der Waals surface area contributed by atoms with Gasteiger partial charge in [0.15, 0.2) is 12.2 Å². The zero-order valence-electron chi connectivity index (χ0n) is 15.6. The molecule has 1 amide bonds. The smallest absolute Gasteiger partial charge is 0.329 e. The number of aromatic nitrogens is 1. The number of carbonyl (C=O) groups is 2. The molecule has 0 aliphatic rings. The molecule has 0 aliphatic carbocycles. The molecule has 6 nitrogen and oxygen atoms in total. The zero-order valence-corrected chi connectivity index (χ0v) is 15.6. The van der Waals surface area contributed by atoms with Crippen molar-refractivity contribution in [1.82, 2.24) is 10.3 Å². The molecule has 0 saturated carbocycles. The highest BCUT2D eigenvalue weighted by molar-refractivity contribution is 5.97. The first-order valence-corrected chi connectivity index (χ1v) is 8.82. The zero-order chi connectivity index (χ0) is 19.4. The van der Waals surface area contributed by atoms with Crippen LogP contribution < -0.4 is 5.32 Å². The molecule has 6 heteroatoms. The maximum Gasteiger partial charge on any atom is 0.329 e. The Kier molecular flexibility index (Phi) is 5.54. The first-order valence-electron chi connectivity index (χ1n) is 8.82. The summed E-state index contributed by atoms with van der Waals surface area (Å²) in [7, 11) is 0. The molecule has 1 heterocycles. The van der Waals surface area contributed by atoms with Crippen LogP contribution in [-0.2, 0) is 16.1 Å². The van der Waals surface area contributed by atoms with Gasteiger partial charge in [0, 0.05) is 5.56 Å². The van der Waals surface area contributed by atoms with Gasteiger partial charge in [-0.25, -0.2) is 9.78 Å². The standard InChI is InChI=1S/C21H22N2O4/c1-13(2)19(23-20(24)15-8-6-7-14(3)11-15)21(25)26-12-18-22-16-9-4-5-10-17(16)27-18/h4-11,13,19H,12H2,1-3H3,(H,23,24)/t19-/m0/s1. The van der Waals surface area contributed by atoms with Crippen LogP contribution in [-0.4, -0.2) is 22.9 Å². The third-order valence-electron chi connectivity index (χ3n) is 4.16. The van der Waals surface area contributed by atoms with Gasteiger partial charge in [0.05, 0.1) is 0 Å². The molecule has 3 aromatic rings. The summed E-state index contributed by atoms with van der Waals surface area (Å²) in [6.45, 7) is 5.52. The number of aryl methyl sites for hydroxylation is 1. The van der Waals surface area contributed by atoms with Crippen molar-refractivity contribution in [2.45, 2.75) is 33.4 Å². The van der Waals surface area contributed by atoms with E-state index in [0.717, 1.165) is 5.56 Å². The molecule has 0 saturated heterocycles. The summed E-state index contributed by atoms with van der Waals surface area (Å²) in [5.41, 5.74) is 2.82. The third-order valence-corrected chi connectivity index (χ3v) is 4.16. The number of benzene rings is 2. The molecule has 0 bridgehead atoms. The number of nitrogens with one attached hydrogen (secondary N) is 1. The van der Waals surface area contributed by atoms with Crippen LogP contribution in [0, 0.1) is 12.8 Å². The van der Waals surface area contributed by atoms with Gasteiger partial charge < -0.3 is 14.5 Å². The first kappa shape index (κ1) is 18.6. The van der Waals surface area contributed by atoms with Gasteiger partial charge in [0.2, 0.25) is 5.89 Å². The van der Waals surface area contributed by atoms with Gasteiger partial charge in [0.25, 0.3) is 5.91 Å². The summed E-state index contributed by atoms with van der Waals surface area (Å²) < 4.78 is 10.9. The van der Waals surface area contributed by atoms with Crippen molar-refractivity contribution in [2.24, 2.45) is 5.92 Å². The van der Waals surface area contributed by atoms with E-state index in [1.165, 1.54) is 0 Å². The Labute approximate surface area is 157 Å². The summed E-state index contributed by atoms with van der Waals surface area (Å²) in [4.78, 5) is 29.2. The predicted octanol–water partition coefficient (Wildman–Crippen LogP) is 3.63. The molecule has 0 radical (unpaired) electrons. The Morgan fingerprint density at radius 3 is 2.63 bits per heavy atom. The molecule has 0 spiro atoms. The quantitative estimate of drug-likeness (QED) is 0.674. The van der Waals surface area contributed by atoms with Crippen LogP contribution >= 0.6 is 0 Å². The Balaban J connectivity index is 1.65. The van der Waals surface area contributed by atoms with E-state index in [1.54, 1.807) is 24.3 Å². The Morgan fingerprint density at radius 1 is 1.15 bits per heavy atom. The maximum absolute atomic E-state index is 12.5. The summed E-state index contributed by atoms with van der Waals surface area (Å²) >= 11 is 0. The van der Waals surface area contributed by atoms with Crippen LogP contribution in [0.5, 0.6) is 0 Å². The monoisotopic (exact) mass is 366 g/mol. The fourth-order valence-corrected chi connectivity index (χ4v) is 2.71. The minimum atomic E-state index is -0.762. The highest BCUT2D eigenvalue weighted by Gasteiger charge is 2.26. The second-order valence-corrected chi connectivity index (χ2v) is 6.75. The number of nitrogens with zero attached hydrogens (tertiary/aromatic N) is 1. The van der Waals surface area contributed by atoms with Gasteiger partial charge in [-0.15, -0.1) is 0 Å². The molecule has 1 atom stereocenters. The summed E-state index contributed by atoms with van der Waals surface area (Å²) in [6, 6.07) is 13.8. The maximum atomic E-state index is 12.5. The molecular formula is C21H22N2O4. The third kappa shape index (κ3) is 4.53. The van der Waals surface area contributed by atoms with E-state index in [0.29, 0.717) is 22.6 Å². The van der Waals surface area contributed by atoms with E-state index >= 15 is 0 Å². The lowest BCUT2D eigenvalue weighted by Gasteiger charge is -2.20. The van der Waals surface area contributed by atoms with Crippen LogP contribution in [0.25, 0.3) is 11.1 Å². The minimum Gasteiger partial charge on any atom is -0.454 e. The van der Waals surface area contributed by atoms with Crippen LogP contribution in [0.15, 0.2) is 52.9 Å². The van der Waals surface area contributed by atoms with E-state index in [4.69, 9.17) is 9.15 Å². The summed E-state index contributed by atoms with van der Waals surface area (Å²) in [5, 5.41) is 2.76. The van der Waals surface area contributed by atoms with Crippen molar-refractivity contribution in [2.75, 3.05) is 0 Å². The number of hydrogen-bond acceptors (Lipinski definition) is 5. The molecule has 2 aromatic carbocycles. The molecule has 140 valence electrons. The molecule has 3 rings (SSSR count). The second-order valence-electron chi connectivity index (χ2n) is 6.75. The SMILES string of the molecule is Cc1cccc(C(=O)N[C@H](C(=O)OCc2nc3ccccc3o2)C(C)C)c1. The van der Waals surface area contributed by atoms with E-state index < -0.39 is 12.0 Å². The number of rotatable bonds is 6. The molecule has 0 aliphatic heterocycles. The Morgan fingerprint density at radius 2 is 1.93 bits per heavy atom. The van der Waals surface area contributed by atoms with E-state index in [2.05, 4.69) is 10.3 Å². The number of esters is 1. The fraction of sp³-hybridized carbons (Fsp3) is 0.286. The van der Waals surface area contributed by atoms with Gasteiger partial charge in [-0.05, 0) is 37.1 Å².